The van der Waals surface area contributed by atoms with Gasteiger partial charge in [-0.2, -0.15) is 0 Å². The van der Waals surface area contributed by atoms with Crippen molar-refractivity contribution in [2.45, 2.75) is 13.5 Å². The Bertz CT molecular complexity index is 1450. The molecule has 0 atom stereocenters. The van der Waals surface area contributed by atoms with Crippen molar-refractivity contribution in [1.29, 1.82) is 0 Å². The van der Waals surface area contributed by atoms with Crippen LogP contribution < -0.4 is 15.6 Å². The van der Waals surface area contributed by atoms with E-state index in [1.807, 2.05) is 60.7 Å². The lowest BCUT2D eigenvalue weighted by molar-refractivity contribution is 0.0823. The van der Waals surface area contributed by atoms with E-state index >= 15 is 0 Å². The lowest BCUT2D eigenvalue weighted by Crippen LogP contribution is -2.22. The molecule has 1 amide bonds. The molecule has 0 spiro atoms. The zero-order chi connectivity index (χ0) is 24.9. The first-order valence-electron chi connectivity index (χ1n) is 11.2. The van der Waals surface area contributed by atoms with Crippen LogP contribution in [0.1, 0.15) is 26.5 Å². The second kappa shape index (κ2) is 10.4. The Balaban J connectivity index is 1.22. The SMILES string of the molecule is Cc1nc(-n2ccc(OCN3COC(c4ccccc4)=N3)cc2=O)sc1C(=O)NCc1ccccc1. The number of benzene rings is 2. The largest absolute Gasteiger partial charge is 0.471 e. The molecule has 10 heteroatoms. The summed E-state index contributed by atoms with van der Waals surface area (Å²) in [5.74, 6) is 0.697. The van der Waals surface area contributed by atoms with E-state index in [9.17, 15) is 9.59 Å². The van der Waals surface area contributed by atoms with Gasteiger partial charge in [-0.3, -0.25) is 14.2 Å². The van der Waals surface area contributed by atoms with Crippen LogP contribution in [-0.2, 0) is 11.3 Å². The van der Waals surface area contributed by atoms with E-state index in [2.05, 4.69) is 15.4 Å². The van der Waals surface area contributed by atoms with Gasteiger partial charge in [0.1, 0.15) is 10.6 Å². The molecule has 0 bridgehead atoms. The molecule has 2 aromatic heterocycles. The summed E-state index contributed by atoms with van der Waals surface area (Å²) < 4.78 is 12.7. The molecule has 0 saturated carbocycles. The van der Waals surface area contributed by atoms with Crippen LogP contribution >= 0.6 is 11.3 Å². The molecule has 0 fully saturated rings. The molecule has 3 heterocycles. The van der Waals surface area contributed by atoms with Gasteiger partial charge in [-0.05, 0) is 30.7 Å². The van der Waals surface area contributed by atoms with Crippen LogP contribution in [0.25, 0.3) is 5.13 Å². The van der Waals surface area contributed by atoms with Crippen LogP contribution in [0.3, 0.4) is 0 Å². The molecule has 36 heavy (non-hydrogen) atoms. The lowest BCUT2D eigenvalue weighted by Gasteiger charge is -2.12. The zero-order valence-electron chi connectivity index (χ0n) is 19.5. The summed E-state index contributed by atoms with van der Waals surface area (Å²) in [6.07, 6.45) is 1.58. The monoisotopic (exact) mass is 501 g/mol. The molecule has 9 nitrogen and oxygen atoms in total. The minimum atomic E-state index is -0.316. The fourth-order valence-corrected chi connectivity index (χ4v) is 4.49. The van der Waals surface area contributed by atoms with Crippen LogP contribution in [0.5, 0.6) is 5.75 Å². The molecule has 0 aliphatic carbocycles. The summed E-state index contributed by atoms with van der Waals surface area (Å²) in [5.41, 5.74) is 2.13. The zero-order valence-corrected chi connectivity index (χ0v) is 20.3. The number of nitrogens with zero attached hydrogens (tertiary/aromatic N) is 4. The molecule has 1 aliphatic heterocycles. The highest BCUT2D eigenvalue weighted by Gasteiger charge is 2.19. The highest BCUT2D eigenvalue weighted by atomic mass is 32.1. The topological polar surface area (TPSA) is 98.0 Å². The highest BCUT2D eigenvalue weighted by molar-refractivity contribution is 7.16. The predicted molar refractivity (Wildman–Crippen MR) is 136 cm³/mol. The predicted octanol–water partition coefficient (Wildman–Crippen LogP) is 3.52. The summed E-state index contributed by atoms with van der Waals surface area (Å²) in [7, 11) is 0. The van der Waals surface area contributed by atoms with E-state index in [-0.39, 0.29) is 24.9 Å². The van der Waals surface area contributed by atoms with Gasteiger partial charge in [0.2, 0.25) is 5.90 Å². The molecule has 2 aromatic carbocycles. The Morgan fingerprint density at radius 1 is 1.11 bits per heavy atom. The van der Waals surface area contributed by atoms with Crippen molar-refractivity contribution in [3.63, 3.8) is 0 Å². The number of carbonyl (C=O) groups is 1. The number of rotatable bonds is 8. The van der Waals surface area contributed by atoms with Gasteiger partial charge in [-0.1, -0.05) is 59.9 Å². The number of amides is 1. The molecule has 0 unspecified atom stereocenters. The third kappa shape index (κ3) is 5.28. The van der Waals surface area contributed by atoms with Crippen LogP contribution in [0.4, 0.5) is 0 Å². The molecule has 0 radical (unpaired) electrons. The number of hydrogen-bond acceptors (Lipinski definition) is 8. The standard InChI is InChI=1S/C26H23N5O4S/c1-18-23(24(33)27-15-19-8-4-2-5-9-19)36-26(28-18)31-13-12-21(14-22(31)32)34-16-30-17-35-25(29-30)20-10-6-3-7-11-20/h2-14H,15-17H2,1H3,(H,27,33). The van der Waals surface area contributed by atoms with Crippen LogP contribution in [0.15, 0.2) is 88.9 Å². The quantitative estimate of drug-likeness (QED) is 0.397. The summed E-state index contributed by atoms with van der Waals surface area (Å²) in [5, 5.41) is 9.34. The van der Waals surface area contributed by atoms with Crippen molar-refractivity contribution in [3.8, 4) is 10.9 Å². The summed E-state index contributed by atoms with van der Waals surface area (Å²) in [6.45, 7) is 2.55. The first-order valence-corrected chi connectivity index (χ1v) is 12.1. The smallest absolute Gasteiger partial charge is 0.263 e. The number of hydrogen-bond donors (Lipinski definition) is 1. The Labute approximate surface area is 211 Å². The van der Waals surface area contributed by atoms with Crippen LogP contribution in [0.2, 0.25) is 0 Å². The van der Waals surface area contributed by atoms with E-state index in [0.717, 1.165) is 22.5 Å². The van der Waals surface area contributed by atoms with E-state index in [4.69, 9.17) is 9.47 Å². The number of hydrazone groups is 1. The van der Waals surface area contributed by atoms with Gasteiger partial charge in [0.05, 0.1) is 5.69 Å². The minimum Gasteiger partial charge on any atom is -0.471 e. The second-order valence-electron chi connectivity index (χ2n) is 7.97. The van der Waals surface area contributed by atoms with E-state index in [1.54, 1.807) is 24.2 Å². The van der Waals surface area contributed by atoms with Crippen LogP contribution in [0, 0.1) is 6.92 Å². The Morgan fingerprint density at radius 2 is 1.86 bits per heavy atom. The van der Waals surface area contributed by atoms with Crippen molar-refractivity contribution in [2.24, 2.45) is 5.10 Å². The molecule has 1 N–H and O–H groups in total. The maximum Gasteiger partial charge on any atom is 0.263 e. The fourth-order valence-electron chi connectivity index (χ4n) is 3.52. The molecular weight excluding hydrogens is 478 g/mol. The van der Waals surface area contributed by atoms with Gasteiger partial charge in [0.15, 0.2) is 18.6 Å². The van der Waals surface area contributed by atoms with Crippen molar-refractivity contribution in [3.05, 3.63) is 111 Å². The van der Waals surface area contributed by atoms with Crippen molar-refractivity contribution >= 4 is 23.1 Å². The Hall–Kier alpha value is -4.44. The molecular formula is C26H23N5O4S. The number of pyridine rings is 1. The highest BCUT2D eigenvalue weighted by Crippen LogP contribution is 2.21. The van der Waals surface area contributed by atoms with Crippen LogP contribution in [-0.4, -0.2) is 39.8 Å². The first-order chi connectivity index (χ1) is 17.6. The molecule has 182 valence electrons. The van der Waals surface area contributed by atoms with E-state index in [1.165, 1.54) is 10.6 Å². The van der Waals surface area contributed by atoms with Gasteiger partial charge < -0.3 is 14.8 Å². The van der Waals surface area contributed by atoms with E-state index in [0.29, 0.717) is 33.9 Å². The second-order valence-corrected chi connectivity index (χ2v) is 8.95. The van der Waals surface area contributed by atoms with Crippen molar-refractivity contribution < 1.29 is 14.3 Å². The number of nitrogens with one attached hydrogen (secondary N) is 1. The van der Waals surface area contributed by atoms with Gasteiger partial charge in [-0.15, -0.1) is 5.10 Å². The third-order valence-corrected chi connectivity index (χ3v) is 6.52. The van der Waals surface area contributed by atoms with Gasteiger partial charge in [0, 0.05) is 24.4 Å². The number of carbonyl (C=O) groups excluding carboxylic acids is 1. The number of ether oxygens (including phenoxy) is 2. The number of thiazole rings is 1. The van der Waals surface area contributed by atoms with Gasteiger partial charge in [0.25, 0.3) is 11.5 Å². The molecule has 1 aliphatic rings. The summed E-state index contributed by atoms with van der Waals surface area (Å²) in [6, 6.07) is 22.3. The van der Waals surface area contributed by atoms with Crippen molar-refractivity contribution in [2.75, 3.05) is 13.5 Å². The summed E-state index contributed by atoms with van der Waals surface area (Å²) >= 11 is 1.16. The first kappa shape index (κ1) is 23.3. The molecule has 0 saturated heterocycles. The number of aromatic nitrogens is 2. The lowest BCUT2D eigenvalue weighted by atomic mass is 10.2. The maximum atomic E-state index is 12.8. The van der Waals surface area contributed by atoms with Crippen molar-refractivity contribution in [1.82, 2.24) is 19.9 Å². The Morgan fingerprint density at radius 3 is 2.61 bits per heavy atom. The third-order valence-electron chi connectivity index (χ3n) is 5.37. The number of aryl methyl sites for hydroxylation is 1. The Kier molecular flexibility index (Phi) is 6.76. The molecule has 5 rings (SSSR count). The normalized spacial score (nSPS) is 12.7. The maximum absolute atomic E-state index is 12.8. The summed E-state index contributed by atoms with van der Waals surface area (Å²) in [4.78, 5) is 30.3. The van der Waals surface area contributed by atoms with Gasteiger partial charge >= 0.3 is 0 Å². The fraction of sp³-hybridized carbons (Fsp3) is 0.154. The van der Waals surface area contributed by atoms with Gasteiger partial charge in [-0.25, -0.2) is 9.99 Å². The minimum absolute atomic E-state index is 0.127. The average Bonchev–Trinajstić information content (AvgIpc) is 3.54. The van der Waals surface area contributed by atoms with E-state index < -0.39 is 0 Å². The average molecular weight is 502 g/mol. The molecule has 4 aromatic rings.